The van der Waals surface area contributed by atoms with Crippen molar-refractivity contribution in [2.24, 2.45) is 0 Å². The molecule has 0 aliphatic carbocycles. The van der Waals surface area contributed by atoms with Crippen LogP contribution in [0.4, 0.5) is 0 Å². The van der Waals surface area contributed by atoms with Gasteiger partial charge < -0.3 is 4.42 Å². The van der Waals surface area contributed by atoms with Crippen LogP contribution in [0.25, 0.3) is 0 Å². The van der Waals surface area contributed by atoms with Gasteiger partial charge in [-0.05, 0) is 64.2 Å². The molecule has 0 aromatic carbocycles. The first-order chi connectivity index (χ1) is 10.2. The van der Waals surface area contributed by atoms with Crippen molar-refractivity contribution in [3.8, 4) is 0 Å². The first-order valence-corrected chi connectivity index (χ1v) is 8.54. The quantitative estimate of drug-likeness (QED) is 0.807. The molecule has 3 heterocycles. The molecule has 0 spiro atoms. The van der Waals surface area contributed by atoms with Gasteiger partial charge in [0.1, 0.15) is 11.5 Å². The Bertz CT molecular complexity index is 569. The fourth-order valence-electron chi connectivity index (χ4n) is 2.91. The lowest BCUT2D eigenvalue weighted by molar-refractivity contribution is 0.287. The lowest BCUT2D eigenvalue weighted by atomic mass is 10.3. The Labute approximate surface area is 131 Å². The number of likely N-dealkylation sites (tertiary alicyclic amines) is 1. The molecule has 3 rings (SSSR count). The van der Waals surface area contributed by atoms with E-state index in [1.807, 2.05) is 24.3 Å². The van der Waals surface area contributed by atoms with E-state index in [-0.39, 0.29) is 0 Å². The highest BCUT2D eigenvalue weighted by atomic mass is 32.1. The molecule has 0 N–H and O–H groups in total. The maximum atomic E-state index is 5.64. The number of nitrogens with zero attached hydrogens (tertiary/aromatic N) is 2. The molecule has 2 aromatic heterocycles. The van der Waals surface area contributed by atoms with Gasteiger partial charge in [0, 0.05) is 22.8 Å². The molecule has 0 radical (unpaired) electrons. The van der Waals surface area contributed by atoms with Gasteiger partial charge in [-0.15, -0.1) is 11.3 Å². The van der Waals surface area contributed by atoms with Crippen LogP contribution >= 0.6 is 11.3 Å². The second kappa shape index (κ2) is 6.77. The molecule has 0 saturated carbocycles. The third-order valence-electron chi connectivity index (χ3n) is 3.94. The highest BCUT2D eigenvalue weighted by Crippen LogP contribution is 2.22. The maximum Gasteiger partial charge on any atom is 0.118 e. The van der Waals surface area contributed by atoms with Gasteiger partial charge in [-0.3, -0.25) is 9.80 Å². The van der Waals surface area contributed by atoms with Crippen LogP contribution < -0.4 is 0 Å². The predicted molar refractivity (Wildman–Crippen MR) is 87.4 cm³/mol. The molecule has 21 heavy (non-hydrogen) atoms. The average Bonchev–Trinajstić information content (AvgIpc) is 3.15. The summed E-state index contributed by atoms with van der Waals surface area (Å²) < 4.78 is 5.64. The van der Waals surface area contributed by atoms with E-state index in [4.69, 9.17) is 4.42 Å². The van der Waals surface area contributed by atoms with E-state index >= 15 is 0 Å². The number of hydrogen-bond donors (Lipinski definition) is 0. The van der Waals surface area contributed by atoms with Crippen LogP contribution in [-0.2, 0) is 19.6 Å². The van der Waals surface area contributed by atoms with Crippen molar-refractivity contribution in [1.82, 2.24) is 9.80 Å². The van der Waals surface area contributed by atoms with Gasteiger partial charge in [-0.25, -0.2) is 0 Å². The van der Waals surface area contributed by atoms with E-state index < -0.39 is 0 Å². The minimum absolute atomic E-state index is 0.868. The molecule has 0 amide bonds. The summed E-state index contributed by atoms with van der Waals surface area (Å²) >= 11 is 1.95. The first kappa shape index (κ1) is 14.8. The fourth-order valence-corrected chi connectivity index (χ4v) is 4.05. The van der Waals surface area contributed by atoms with Crippen LogP contribution in [0.1, 0.15) is 34.1 Å². The highest BCUT2D eigenvalue weighted by Gasteiger charge is 2.13. The summed E-state index contributed by atoms with van der Waals surface area (Å²) in [5.41, 5.74) is 0. The number of hydrogen-bond acceptors (Lipinski definition) is 4. The van der Waals surface area contributed by atoms with Crippen molar-refractivity contribution in [1.29, 1.82) is 0 Å². The van der Waals surface area contributed by atoms with E-state index in [0.717, 1.165) is 31.2 Å². The standard InChI is InChI=1S/C17H24N2OS/c1-14-5-6-15(20-14)11-18(2)12-16-7-8-17(21-16)13-19-9-3-4-10-19/h5-8H,3-4,9-13H2,1-2H3. The molecule has 4 heteroatoms. The van der Waals surface area contributed by atoms with Crippen molar-refractivity contribution in [3.63, 3.8) is 0 Å². The molecule has 3 nitrogen and oxygen atoms in total. The van der Waals surface area contributed by atoms with Gasteiger partial charge in [0.05, 0.1) is 6.54 Å². The van der Waals surface area contributed by atoms with Crippen LogP contribution in [0.5, 0.6) is 0 Å². The molecular weight excluding hydrogens is 280 g/mol. The van der Waals surface area contributed by atoms with E-state index in [2.05, 4.69) is 35.0 Å². The third kappa shape index (κ3) is 4.19. The van der Waals surface area contributed by atoms with Gasteiger partial charge in [0.15, 0.2) is 0 Å². The summed E-state index contributed by atoms with van der Waals surface area (Å²) in [6.45, 7) is 7.52. The van der Waals surface area contributed by atoms with Gasteiger partial charge in [-0.2, -0.15) is 0 Å². The molecular formula is C17H24N2OS. The minimum Gasteiger partial charge on any atom is -0.465 e. The van der Waals surface area contributed by atoms with Crippen molar-refractivity contribution in [2.75, 3.05) is 20.1 Å². The summed E-state index contributed by atoms with van der Waals surface area (Å²) in [7, 11) is 2.15. The molecule has 1 aliphatic heterocycles. The van der Waals surface area contributed by atoms with E-state index in [1.165, 1.54) is 35.7 Å². The van der Waals surface area contributed by atoms with E-state index in [9.17, 15) is 0 Å². The smallest absolute Gasteiger partial charge is 0.118 e. The Balaban J connectivity index is 1.51. The van der Waals surface area contributed by atoms with Crippen molar-refractivity contribution in [3.05, 3.63) is 45.5 Å². The van der Waals surface area contributed by atoms with Crippen LogP contribution in [0.2, 0.25) is 0 Å². The van der Waals surface area contributed by atoms with Crippen molar-refractivity contribution < 1.29 is 4.42 Å². The monoisotopic (exact) mass is 304 g/mol. The summed E-state index contributed by atoms with van der Waals surface area (Å²) in [5, 5.41) is 0. The summed E-state index contributed by atoms with van der Waals surface area (Å²) in [6, 6.07) is 8.67. The molecule has 0 unspecified atom stereocenters. The molecule has 1 saturated heterocycles. The van der Waals surface area contributed by atoms with E-state index in [1.54, 1.807) is 0 Å². The Hall–Kier alpha value is -1.10. The third-order valence-corrected chi connectivity index (χ3v) is 5.00. The average molecular weight is 304 g/mol. The van der Waals surface area contributed by atoms with E-state index in [0.29, 0.717) is 0 Å². The number of aryl methyl sites for hydroxylation is 1. The lowest BCUT2D eigenvalue weighted by Gasteiger charge is -2.14. The minimum atomic E-state index is 0.868. The van der Waals surface area contributed by atoms with Crippen molar-refractivity contribution in [2.45, 2.75) is 39.4 Å². The van der Waals surface area contributed by atoms with Crippen molar-refractivity contribution >= 4 is 11.3 Å². The Kier molecular flexibility index (Phi) is 4.78. The van der Waals surface area contributed by atoms with Gasteiger partial charge in [0.2, 0.25) is 0 Å². The number of furan rings is 1. The number of thiophene rings is 1. The molecule has 1 aliphatic rings. The molecule has 2 aromatic rings. The topological polar surface area (TPSA) is 19.6 Å². The zero-order valence-electron chi connectivity index (χ0n) is 13.0. The van der Waals surface area contributed by atoms with Gasteiger partial charge >= 0.3 is 0 Å². The second-order valence-corrected chi connectivity index (χ2v) is 7.29. The molecule has 0 atom stereocenters. The second-order valence-electron chi connectivity index (χ2n) is 6.04. The molecule has 0 bridgehead atoms. The van der Waals surface area contributed by atoms with Gasteiger partial charge in [-0.1, -0.05) is 0 Å². The zero-order valence-corrected chi connectivity index (χ0v) is 13.8. The fraction of sp³-hybridized carbons (Fsp3) is 0.529. The zero-order chi connectivity index (χ0) is 14.7. The predicted octanol–water partition coefficient (Wildman–Crippen LogP) is 3.88. The Morgan fingerprint density at radius 3 is 2.57 bits per heavy atom. The lowest BCUT2D eigenvalue weighted by Crippen LogP contribution is -2.17. The van der Waals surface area contributed by atoms with Gasteiger partial charge in [0.25, 0.3) is 0 Å². The van der Waals surface area contributed by atoms with Crippen LogP contribution in [0.15, 0.2) is 28.7 Å². The Morgan fingerprint density at radius 2 is 1.86 bits per heavy atom. The largest absolute Gasteiger partial charge is 0.465 e. The van der Waals surface area contributed by atoms with Crippen LogP contribution in [0.3, 0.4) is 0 Å². The SMILES string of the molecule is Cc1ccc(CN(C)Cc2ccc(CN3CCCC3)s2)o1. The highest BCUT2D eigenvalue weighted by molar-refractivity contribution is 7.11. The normalized spacial score (nSPS) is 16.1. The molecule has 114 valence electrons. The summed E-state index contributed by atoms with van der Waals surface area (Å²) in [4.78, 5) is 7.80. The maximum absolute atomic E-state index is 5.64. The van der Waals surface area contributed by atoms with Crippen LogP contribution in [-0.4, -0.2) is 29.9 Å². The summed E-state index contributed by atoms with van der Waals surface area (Å²) in [6.07, 6.45) is 2.73. The van der Waals surface area contributed by atoms with Crippen LogP contribution in [0, 0.1) is 6.92 Å². The number of rotatable bonds is 6. The molecule has 1 fully saturated rings. The first-order valence-electron chi connectivity index (χ1n) is 7.73. The Morgan fingerprint density at radius 1 is 1.10 bits per heavy atom. The summed E-state index contributed by atoms with van der Waals surface area (Å²) in [5.74, 6) is 2.03.